The lowest BCUT2D eigenvalue weighted by Gasteiger charge is -2.17. The molecular weight excluding hydrogens is 337 g/mol. The minimum Gasteiger partial charge on any atom is -0.313 e. The zero-order valence-electron chi connectivity index (χ0n) is 9.71. The number of halogens is 3. The molecule has 1 N–H and O–H groups in total. The molecule has 1 nitrogen and oxygen atoms in total. The number of hydrogen-bond donors (Lipinski definition) is 1. The van der Waals surface area contributed by atoms with Gasteiger partial charge in [0.1, 0.15) is 5.82 Å². The van der Waals surface area contributed by atoms with E-state index in [1.807, 2.05) is 13.1 Å². The quantitative estimate of drug-likeness (QED) is 0.836. The Morgan fingerprint density at radius 1 is 1.39 bits per heavy atom. The molecule has 0 fully saturated rings. The zero-order valence-corrected chi connectivity index (χ0v) is 12.9. The van der Waals surface area contributed by atoms with Gasteiger partial charge < -0.3 is 5.32 Å². The molecule has 1 aromatic carbocycles. The van der Waals surface area contributed by atoms with E-state index in [1.54, 1.807) is 17.4 Å². The van der Waals surface area contributed by atoms with Crippen molar-refractivity contribution in [2.75, 3.05) is 7.05 Å². The summed E-state index contributed by atoms with van der Waals surface area (Å²) in [5.74, 6) is -0.308. The molecule has 0 aliphatic rings. The summed E-state index contributed by atoms with van der Waals surface area (Å²) in [5.41, 5.74) is 0.921. The molecule has 0 saturated carbocycles. The SMILES string of the molecule is CNC(Cc1ccc(Br)s1)c1ccc(F)cc1Cl. The molecule has 0 aliphatic carbocycles. The smallest absolute Gasteiger partial charge is 0.124 e. The monoisotopic (exact) mass is 347 g/mol. The van der Waals surface area contributed by atoms with E-state index in [2.05, 4.69) is 27.3 Å². The van der Waals surface area contributed by atoms with Crippen LogP contribution in [0.25, 0.3) is 0 Å². The van der Waals surface area contributed by atoms with E-state index in [9.17, 15) is 4.39 Å². The van der Waals surface area contributed by atoms with E-state index in [4.69, 9.17) is 11.6 Å². The molecule has 0 radical (unpaired) electrons. The van der Waals surface area contributed by atoms with Crippen LogP contribution in [0.3, 0.4) is 0 Å². The van der Waals surface area contributed by atoms with Crippen molar-refractivity contribution in [3.8, 4) is 0 Å². The summed E-state index contributed by atoms with van der Waals surface area (Å²) in [4.78, 5) is 1.25. The van der Waals surface area contributed by atoms with Crippen molar-refractivity contribution >= 4 is 38.9 Å². The van der Waals surface area contributed by atoms with Gasteiger partial charge >= 0.3 is 0 Å². The Morgan fingerprint density at radius 3 is 2.72 bits per heavy atom. The highest BCUT2D eigenvalue weighted by Crippen LogP contribution is 2.30. The van der Waals surface area contributed by atoms with Gasteiger partial charge in [0.25, 0.3) is 0 Å². The lowest BCUT2D eigenvalue weighted by atomic mass is 10.0. The Balaban J connectivity index is 2.22. The predicted molar refractivity (Wildman–Crippen MR) is 78.9 cm³/mol. The first-order valence-electron chi connectivity index (χ1n) is 5.46. The van der Waals surface area contributed by atoms with Crippen molar-refractivity contribution in [3.63, 3.8) is 0 Å². The van der Waals surface area contributed by atoms with Crippen LogP contribution in [-0.4, -0.2) is 7.05 Å². The molecule has 5 heteroatoms. The van der Waals surface area contributed by atoms with Gasteiger partial charge in [-0.1, -0.05) is 17.7 Å². The topological polar surface area (TPSA) is 12.0 Å². The number of nitrogens with one attached hydrogen (secondary N) is 1. The van der Waals surface area contributed by atoms with Crippen LogP contribution in [0.4, 0.5) is 4.39 Å². The summed E-state index contributed by atoms with van der Waals surface area (Å²) in [5, 5.41) is 3.68. The molecule has 18 heavy (non-hydrogen) atoms. The van der Waals surface area contributed by atoms with Crippen molar-refractivity contribution < 1.29 is 4.39 Å². The maximum absolute atomic E-state index is 13.0. The lowest BCUT2D eigenvalue weighted by molar-refractivity contribution is 0.590. The van der Waals surface area contributed by atoms with E-state index < -0.39 is 0 Å². The molecule has 0 bridgehead atoms. The first-order valence-corrected chi connectivity index (χ1v) is 7.45. The van der Waals surface area contributed by atoms with E-state index >= 15 is 0 Å². The van der Waals surface area contributed by atoms with Gasteiger partial charge in [-0.25, -0.2) is 4.39 Å². The summed E-state index contributed by atoms with van der Waals surface area (Å²) < 4.78 is 14.1. The standard InChI is InChI=1S/C13H12BrClFNS/c1-17-12(7-9-3-5-13(14)18-9)10-4-2-8(16)6-11(10)15/h2-6,12,17H,7H2,1H3. The number of hydrogen-bond acceptors (Lipinski definition) is 2. The first-order chi connectivity index (χ1) is 8.60. The third kappa shape index (κ3) is 3.32. The van der Waals surface area contributed by atoms with Gasteiger partial charge in [-0.3, -0.25) is 0 Å². The number of benzene rings is 1. The molecular formula is C13H12BrClFNS. The molecule has 1 aromatic heterocycles. The number of likely N-dealkylation sites (N-methyl/N-ethyl adjacent to an activating group) is 1. The second-order valence-electron chi connectivity index (χ2n) is 3.92. The fourth-order valence-corrected chi connectivity index (χ4v) is 3.64. The Kier molecular flexibility index (Phi) is 4.78. The summed E-state index contributed by atoms with van der Waals surface area (Å²) in [6.07, 6.45) is 0.831. The summed E-state index contributed by atoms with van der Waals surface area (Å²) in [7, 11) is 1.88. The van der Waals surface area contributed by atoms with Crippen molar-refractivity contribution in [3.05, 3.63) is 55.4 Å². The van der Waals surface area contributed by atoms with Crippen LogP contribution in [-0.2, 0) is 6.42 Å². The van der Waals surface area contributed by atoms with E-state index in [0.717, 1.165) is 15.8 Å². The molecule has 2 rings (SSSR count). The molecule has 0 saturated heterocycles. The third-order valence-corrected chi connectivity index (χ3v) is 4.69. The van der Waals surface area contributed by atoms with Crippen LogP contribution in [0.2, 0.25) is 5.02 Å². The van der Waals surface area contributed by atoms with Crippen LogP contribution < -0.4 is 5.32 Å². The van der Waals surface area contributed by atoms with E-state index in [-0.39, 0.29) is 11.9 Å². The Labute approximate surface area is 123 Å². The highest BCUT2D eigenvalue weighted by atomic mass is 79.9. The van der Waals surface area contributed by atoms with Crippen LogP contribution in [0, 0.1) is 5.82 Å². The normalized spacial score (nSPS) is 12.7. The minimum absolute atomic E-state index is 0.0867. The fraction of sp³-hybridized carbons (Fsp3) is 0.231. The average molecular weight is 349 g/mol. The van der Waals surface area contributed by atoms with Crippen LogP contribution in [0.15, 0.2) is 34.1 Å². The van der Waals surface area contributed by atoms with Crippen molar-refractivity contribution in [1.82, 2.24) is 5.32 Å². The van der Waals surface area contributed by atoms with Crippen LogP contribution in [0.1, 0.15) is 16.5 Å². The molecule has 2 aromatic rings. The third-order valence-electron chi connectivity index (χ3n) is 2.72. The van der Waals surface area contributed by atoms with Gasteiger partial charge in [-0.15, -0.1) is 11.3 Å². The molecule has 0 aliphatic heterocycles. The summed E-state index contributed by atoms with van der Waals surface area (Å²) in [6.45, 7) is 0. The first kappa shape index (κ1) is 14.0. The Bertz CT molecular complexity index is 544. The summed E-state index contributed by atoms with van der Waals surface area (Å²) in [6, 6.07) is 8.72. The zero-order chi connectivity index (χ0) is 13.1. The minimum atomic E-state index is -0.308. The van der Waals surface area contributed by atoms with E-state index in [1.165, 1.54) is 17.0 Å². The average Bonchev–Trinajstić information content (AvgIpc) is 2.72. The molecule has 0 spiro atoms. The van der Waals surface area contributed by atoms with Gasteiger partial charge in [0.2, 0.25) is 0 Å². The van der Waals surface area contributed by atoms with Crippen molar-refractivity contribution in [2.24, 2.45) is 0 Å². The Hall–Kier alpha value is -0.420. The predicted octanol–water partition coefficient (Wildman–Crippen LogP) is 4.81. The molecule has 96 valence electrons. The van der Waals surface area contributed by atoms with Crippen molar-refractivity contribution in [2.45, 2.75) is 12.5 Å². The second kappa shape index (κ2) is 6.15. The lowest BCUT2D eigenvalue weighted by Crippen LogP contribution is -2.18. The van der Waals surface area contributed by atoms with Gasteiger partial charge in [-0.05, 0) is 52.8 Å². The number of rotatable bonds is 4. The number of thiophene rings is 1. The second-order valence-corrected chi connectivity index (χ2v) is 6.87. The van der Waals surface area contributed by atoms with E-state index in [0.29, 0.717) is 5.02 Å². The largest absolute Gasteiger partial charge is 0.313 e. The van der Waals surface area contributed by atoms with Gasteiger partial charge in [0, 0.05) is 22.4 Å². The van der Waals surface area contributed by atoms with Crippen LogP contribution in [0.5, 0.6) is 0 Å². The van der Waals surface area contributed by atoms with Gasteiger partial charge in [0.05, 0.1) is 3.79 Å². The molecule has 1 heterocycles. The molecule has 0 amide bonds. The van der Waals surface area contributed by atoms with Crippen LogP contribution >= 0.6 is 38.9 Å². The van der Waals surface area contributed by atoms with Gasteiger partial charge in [-0.2, -0.15) is 0 Å². The maximum Gasteiger partial charge on any atom is 0.124 e. The fourth-order valence-electron chi connectivity index (χ4n) is 1.81. The highest BCUT2D eigenvalue weighted by Gasteiger charge is 2.15. The maximum atomic E-state index is 13.0. The van der Waals surface area contributed by atoms with Gasteiger partial charge in [0.15, 0.2) is 0 Å². The molecule has 1 atom stereocenters. The Morgan fingerprint density at radius 2 is 2.17 bits per heavy atom. The molecule has 1 unspecified atom stereocenters. The highest BCUT2D eigenvalue weighted by molar-refractivity contribution is 9.11. The summed E-state index contributed by atoms with van der Waals surface area (Å²) >= 11 is 11.2. The van der Waals surface area contributed by atoms with Crippen molar-refractivity contribution in [1.29, 1.82) is 0 Å².